The van der Waals surface area contributed by atoms with Crippen molar-refractivity contribution in [2.75, 3.05) is 14.2 Å². The van der Waals surface area contributed by atoms with E-state index in [1.165, 1.54) is 5.56 Å². The van der Waals surface area contributed by atoms with Crippen molar-refractivity contribution in [3.63, 3.8) is 0 Å². The summed E-state index contributed by atoms with van der Waals surface area (Å²) in [5, 5.41) is 3.39. The molecular weight excluding hydrogens is 250 g/mol. The fourth-order valence-corrected chi connectivity index (χ4v) is 2.34. The Bertz CT molecular complexity index is 476. The maximum atomic E-state index is 5.38. The summed E-state index contributed by atoms with van der Waals surface area (Å²) in [6.45, 7) is 0. The van der Waals surface area contributed by atoms with Gasteiger partial charge in [0.25, 0.3) is 0 Å². The molecule has 0 aliphatic carbocycles. The van der Waals surface area contributed by atoms with Crippen LogP contribution in [0.4, 0.5) is 0 Å². The lowest BCUT2D eigenvalue weighted by Gasteiger charge is -2.15. The Morgan fingerprint density at radius 3 is 2.45 bits per heavy atom. The van der Waals surface area contributed by atoms with E-state index < -0.39 is 0 Å². The Hall–Kier alpha value is -1.74. The van der Waals surface area contributed by atoms with Crippen molar-refractivity contribution in [1.29, 1.82) is 0 Å². The number of nitrogens with one attached hydrogen (secondary N) is 1. The minimum absolute atomic E-state index is 0.516. The number of furan rings is 1. The van der Waals surface area contributed by atoms with Gasteiger partial charge in [-0.05, 0) is 56.1 Å². The first-order valence-electron chi connectivity index (χ1n) is 7.14. The summed E-state index contributed by atoms with van der Waals surface area (Å²) in [7, 11) is 3.72. The molecule has 0 radical (unpaired) electrons. The van der Waals surface area contributed by atoms with Crippen LogP contribution in [-0.2, 0) is 12.8 Å². The SMILES string of the molecule is CNC(CCc1ccc(OC)cc1)CCc1ccco1. The molecule has 0 bridgehead atoms. The summed E-state index contributed by atoms with van der Waals surface area (Å²) < 4.78 is 10.5. The molecule has 1 heterocycles. The first kappa shape index (κ1) is 14.7. The van der Waals surface area contributed by atoms with Crippen molar-refractivity contribution in [1.82, 2.24) is 5.32 Å². The van der Waals surface area contributed by atoms with Crippen LogP contribution in [-0.4, -0.2) is 20.2 Å². The zero-order chi connectivity index (χ0) is 14.2. The molecule has 0 amide bonds. The molecule has 0 spiro atoms. The van der Waals surface area contributed by atoms with Gasteiger partial charge in [-0.2, -0.15) is 0 Å². The van der Waals surface area contributed by atoms with Gasteiger partial charge in [0.2, 0.25) is 0 Å². The molecule has 1 N–H and O–H groups in total. The minimum Gasteiger partial charge on any atom is -0.497 e. The lowest BCUT2D eigenvalue weighted by atomic mass is 10.0. The fraction of sp³-hybridized carbons (Fsp3) is 0.412. The molecule has 3 heteroatoms. The maximum absolute atomic E-state index is 5.38. The summed E-state index contributed by atoms with van der Waals surface area (Å²) >= 11 is 0. The van der Waals surface area contributed by atoms with E-state index in [1.807, 2.05) is 31.3 Å². The summed E-state index contributed by atoms with van der Waals surface area (Å²) in [5.74, 6) is 1.98. The second kappa shape index (κ2) is 7.75. The normalized spacial score (nSPS) is 12.3. The number of methoxy groups -OCH3 is 1. The van der Waals surface area contributed by atoms with E-state index in [-0.39, 0.29) is 0 Å². The number of aryl methyl sites for hydroxylation is 2. The van der Waals surface area contributed by atoms with E-state index in [0.29, 0.717) is 6.04 Å². The van der Waals surface area contributed by atoms with Crippen molar-refractivity contribution in [3.05, 3.63) is 54.0 Å². The van der Waals surface area contributed by atoms with Gasteiger partial charge in [-0.1, -0.05) is 12.1 Å². The highest BCUT2D eigenvalue weighted by atomic mass is 16.5. The summed E-state index contributed by atoms with van der Waals surface area (Å²) in [5.41, 5.74) is 1.35. The second-order valence-corrected chi connectivity index (χ2v) is 4.99. The molecule has 0 saturated carbocycles. The van der Waals surface area contributed by atoms with Crippen LogP contribution in [0.3, 0.4) is 0 Å². The second-order valence-electron chi connectivity index (χ2n) is 4.99. The lowest BCUT2D eigenvalue weighted by Crippen LogP contribution is -2.26. The van der Waals surface area contributed by atoms with E-state index >= 15 is 0 Å². The molecule has 20 heavy (non-hydrogen) atoms. The van der Waals surface area contributed by atoms with Crippen LogP contribution >= 0.6 is 0 Å². The van der Waals surface area contributed by atoms with Gasteiger partial charge in [0.05, 0.1) is 13.4 Å². The van der Waals surface area contributed by atoms with Crippen LogP contribution < -0.4 is 10.1 Å². The van der Waals surface area contributed by atoms with Gasteiger partial charge < -0.3 is 14.5 Å². The van der Waals surface area contributed by atoms with E-state index in [9.17, 15) is 0 Å². The minimum atomic E-state index is 0.516. The van der Waals surface area contributed by atoms with Crippen molar-refractivity contribution >= 4 is 0 Å². The quantitative estimate of drug-likeness (QED) is 0.800. The van der Waals surface area contributed by atoms with Crippen molar-refractivity contribution in [3.8, 4) is 5.75 Å². The third kappa shape index (κ3) is 4.42. The van der Waals surface area contributed by atoms with Gasteiger partial charge >= 0.3 is 0 Å². The molecule has 0 saturated heterocycles. The highest BCUT2D eigenvalue weighted by Gasteiger charge is 2.08. The Labute approximate surface area is 121 Å². The Balaban J connectivity index is 1.77. The molecule has 3 nitrogen and oxygen atoms in total. The van der Waals surface area contributed by atoms with E-state index in [0.717, 1.165) is 37.2 Å². The van der Waals surface area contributed by atoms with Gasteiger partial charge in [-0.3, -0.25) is 0 Å². The van der Waals surface area contributed by atoms with Crippen LogP contribution in [0.25, 0.3) is 0 Å². The predicted octanol–water partition coefficient (Wildman–Crippen LogP) is 3.44. The van der Waals surface area contributed by atoms with Gasteiger partial charge in [0, 0.05) is 12.5 Å². The van der Waals surface area contributed by atoms with Crippen LogP contribution in [0.2, 0.25) is 0 Å². The summed E-state index contributed by atoms with van der Waals surface area (Å²) in [4.78, 5) is 0. The average molecular weight is 273 g/mol. The van der Waals surface area contributed by atoms with Gasteiger partial charge in [0.1, 0.15) is 11.5 Å². The molecule has 0 aliphatic heterocycles. The largest absolute Gasteiger partial charge is 0.497 e. The lowest BCUT2D eigenvalue weighted by molar-refractivity contribution is 0.414. The number of rotatable bonds is 8. The monoisotopic (exact) mass is 273 g/mol. The standard InChI is InChI=1S/C17H23NO2/c1-18-15(9-12-17-4-3-13-20-17)8-5-14-6-10-16(19-2)11-7-14/h3-4,6-7,10-11,13,15,18H,5,8-9,12H2,1-2H3. The first-order chi connectivity index (χ1) is 9.81. The highest BCUT2D eigenvalue weighted by molar-refractivity contribution is 5.27. The Morgan fingerprint density at radius 1 is 1.10 bits per heavy atom. The maximum Gasteiger partial charge on any atom is 0.118 e. The molecule has 2 aromatic rings. The molecule has 108 valence electrons. The highest BCUT2D eigenvalue weighted by Crippen LogP contribution is 2.15. The number of ether oxygens (including phenoxy) is 1. The zero-order valence-corrected chi connectivity index (χ0v) is 12.3. The molecule has 2 rings (SSSR count). The molecule has 1 aromatic carbocycles. The fourth-order valence-electron chi connectivity index (χ4n) is 2.34. The van der Waals surface area contributed by atoms with Crippen LogP contribution in [0.1, 0.15) is 24.2 Å². The number of benzene rings is 1. The number of hydrogen-bond acceptors (Lipinski definition) is 3. The topological polar surface area (TPSA) is 34.4 Å². The zero-order valence-electron chi connectivity index (χ0n) is 12.3. The Morgan fingerprint density at radius 2 is 1.85 bits per heavy atom. The summed E-state index contributed by atoms with van der Waals surface area (Å²) in [6.07, 6.45) is 6.03. The third-order valence-corrected chi connectivity index (χ3v) is 3.67. The Kier molecular flexibility index (Phi) is 5.69. The molecule has 1 unspecified atom stereocenters. The van der Waals surface area contributed by atoms with Crippen LogP contribution in [0.5, 0.6) is 5.75 Å². The molecular formula is C17H23NO2. The van der Waals surface area contributed by atoms with Crippen LogP contribution in [0, 0.1) is 0 Å². The average Bonchev–Trinajstić information content (AvgIpc) is 3.01. The summed E-state index contributed by atoms with van der Waals surface area (Å²) in [6, 6.07) is 12.8. The van der Waals surface area contributed by atoms with E-state index in [1.54, 1.807) is 13.4 Å². The van der Waals surface area contributed by atoms with E-state index in [2.05, 4.69) is 17.4 Å². The molecule has 0 aliphatic rings. The molecule has 0 fully saturated rings. The van der Waals surface area contributed by atoms with Crippen molar-refractivity contribution < 1.29 is 9.15 Å². The first-order valence-corrected chi connectivity index (χ1v) is 7.14. The van der Waals surface area contributed by atoms with Gasteiger partial charge in [-0.25, -0.2) is 0 Å². The van der Waals surface area contributed by atoms with Crippen LogP contribution in [0.15, 0.2) is 47.1 Å². The molecule has 1 aromatic heterocycles. The van der Waals surface area contributed by atoms with Gasteiger partial charge in [-0.15, -0.1) is 0 Å². The smallest absolute Gasteiger partial charge is 0.118 e. The van der Waals surface area contributed by atoms with Crippen molar-refractivity contribution in [2.45, 2.75) is 31.7 Å². The van der Waals surface area contributed by atoms with Crippen molar-refractivity contribution in [2.24, 2.45) is 0 Å². The molecule has 1 atom stereocenters. The van der Waals surface area contributed by atoms with E-state index in [4.69, 9.17) is 9.15 Å². The third-order valence-electron chi connectivity index (χ3n) is 3.67. The number of hydrogen-bond donors (Lipinski definition) is 1. The van der Waals surface area contributed by atoms with Gasteiger partial charge in [0.15, 0.2) is 0 Å². The predicted molar refractivity (Wildman–Crippen MR) is 81.2 cm³/mol.